The smallest absolute Gasteiger partial charge is 0.104 e. The highest BCUT2D eigenvalue weighted by Gasteiger charge is 2.11. The summed E-state index contributed by atoms with van der Waals surface area (Å²) in [5, 5.41) is 4.17. The highest BCUT2D eigenvalue weighted by molar-refractivity contribution is 9.10. The fourth-order valence-electron chi connectivity index (χ4n) is 1.92. The lowest BCUT2D eigenvalue weighted by Crippen LogP contribution is -2.11. The van der Waals surface area contributed by atoms with Crippen LogP contribution in [-0.4, -0.2) is 4.99 Å². The molecule has 2 rings (SSSR count). The molecular formula is C15H14BrClN2S. The highest BCUT2D eigenvalue weighted by Crippen LogP contribution is 2.30. The van der Waals surface area contributed by atoms with Crippen molar-refractivity contribution in [2.45, 2.75) is 13.0 Å². The summed E-state index contributed by atoms with van der Waals surface area (Å²) in [7, 11) is 0. The largest absolute Gasteiger partial charge is 0.389 e. The standard InChI is InChI=1S/C15H14BrClN2S/c1-9(11-4-2-3-5-13(11)17)19-14-7-6-10(15(18)20)8-12(14)16/h2-9,19H,1H3,(H2,18,20). The predicted molar refractivity (Wildman–Crippen MR) is 93.5 cm³/mol. The summed E-state index contributed by atoms with van der Waals surface area (Å²) in [5.74, 6) is 0. The molecule has 5 heteroatoms. The maximum atomic E-state index is 6.21. The van der Waals surface area contributed by atoms with Gasteiger partial charge in [0.05, 0.1) is 6.04 Å². The fraction of sp³-hybridized carbons (Fsp3) is 0.133. The first kappa shape index (κ1) is 15.3. The number of hydrogen-bond donors (Lipinski definition) is 2. The zero-order valence-electron chi connectivity index (χ0n) is 10.9. The van der Waals surface area contributed by atoms with Crippen LogP contribution in [0.2, 0.25) is 5.02 Å². The van der Waals surface area contributed by atoms with Crippen molar-refractivity contribution in [3.8, 4) is 0 Å². The zero-order chi connectivity index (χ0) is 14.7. The van der Waals surface area contributed by atoms with Crippen molar-refractivity contribution in [3.05, 3.63) is 63.1 Å². The Hall–Kier alpha value is -1.10. The first-order valence-corrected chi connectivity index (χ1v) is 7.67. The average molecular weight is 370 g/mol. The predicted octanol–water partition coefficient (Wildman–Crippen LogP) is 4.91. The minimum absolute atomic E-state index is 0.0932. The van der Waals surface area contributed by atoms with Gasteiger partial charge in [-0.1, -0.05) is 42.0 Å². The van der Waals surface area contributed by atoms with Gasteiger partial charge >= 0.3 is 0 Å². The van der Waals surface area contributed by atoms with Crippen LogP contribution in [0.1, 0.15) is 24.1 Å². The Morgan fingerprint density at radius 3 is 2.60 bits per heavy atom. The first-order valence-electron chi connectivity index (χ1n) is 6.09. The summed E-state index contributed by atoms with van der Waals surface area (Å²) in [5.41, 5.74) is 8.48. The molecule has 0 aromatic heterocycles. The molecule has 2 nitrogen and oxygen atoms in total. The Morgan fingerprint density at radius 2 is 2.00 bits per heavy atom. The molecule has 0 aliphatic rings. The van der Waals surface area contributed by atoms with E-state index in [1.807, 2.05) is 42.5 Å². The van der Waals surface area contributed by atoms with E-state index >= 15 is 0 Å². The quantitative estimate of drug-likeness (QED) is 0.752. The first-order chi connectivity index (χ1) is 9.49. The van der Waals surface area contributed by atoms with E-state index in [9.17, 15) is 0 Å². The second-order valence-electron chi connectivity index (χ2n) is 4.45. The van der Waals surface area contributed by atoms with Crippen molar-refractivity contribution in [1.82, 2.24) is 0 Å². The van der Waals surface area contributed by atoms with E-state index in [-0.39, 0.29) is 6.04 Å². The summed E-state index contributed by atoms with van der Waals surface area (Å²) in [4.78, 5) is 0.386. The van der Waals surface area contributed by atoms with Gasteiger partial charge in [-0.05, 0) is 52.7 Å². The molecule has 20 heavy (non-hydrogen) atoms. The molecule has 1 atom stereocenters. The minimum atomic E-state index is 0.0932. The average Bonchev–Trinajstić information content (AvgIpc) is 2.41. The molecule has 1 unspecified atom stereocenters. The van der Waals surface area contributed by atoms with Crippen LogP contribution in [0.5, 0.6) is 0 Å². The third-order valence-corrected chi connectivity index (χ3v) is 4.23. The molecule has 0 amide bonds. The van der Waals surface area contributed by atoms with Crippen LogP contribution in [0.4, 0.5) is 5.69 Å². The molecular weight excluding hydrogens is 356 g/mol. The monoisotopic (exact) mass is 368 g/mol. The number of nitrogens with one attached hydrogen (secondary N) is 1. The van der Waals surface area contributed by atoms with E-state index < -0.39 is 0 Å². The molecule has 0 saturated heterocycles. The summed E-state index contributed by atoms with van der Waals surface area (Å²) in [6, 6.07) is 13.6. The number of anilines is 1. The Morgan fingerprint density at radius 1 is 1.30 bits per heavy atom. The van der Waals surface area contributed by atoms with Crippen molar-refractivity contribution >= 4 is 50.4 Å². The molecule has 0 aliphatic carbocycles. The topological polar surface area (TPSA) is 38.0 Å². The molecule has 0 bridgehead atoms. The Bertz CT molecular complexity index is 646. The van der Waals surface area contributed by atoms with Crippen LogP contribution >= 0.6 is 39.7 Å². The molecule has 0 heterocycles. The van der Waals surface area contributed by atoms with Gasteiger partial charge in [0.2, 0.25) is 0 Å². The summed E-state index contributed by atoms with van der Waals surface area (Å²) in [6.07, 6.45) is 0. The molecule has 104 valence electrons. The number of rotatable bonds is 4. The summed E-state index contributed by atoms with van der Waals surface area (Å²) < 4.78 is 0.918. The SMILES string of the molecule is CC(Nc1ccc(C(N)=S)cc1Br)c1ccccc1Cl. The van der Waals surface area contributed by atoms with E-state index in [1.165, 1.54) is 0 Å². The van der Waals surface area contributed by atoms with Gasteiger partial charge in [0.25, 0.3) is 0 Å². The highest BCUT2D eigenvalue weighted by atomic mass is 79.9. The molecule has 0 spiro atoms. The lowest BCUT2D eigenvalue weighted by molar-refractivity contribution is 0.884. The van der Waals surface area contributed by atoms with Crippen molar-refractivity contribution in [3.63, 3.8) is 0 Å². The maximum Gasteiger partial charge on any atom is 0.104 e. The van der Waals surface area contributed by atoms with Crippen LogP contribution in [0.3, 0.4) is 0 Å². The van der Waals surface area contributed by atoms with Crippen LogP contribution < -0.4 is 11.1 Å². The van der Waals surface area contributed by atoms with E-state index in [2.05, 4.69) is 28.2 Å². The summed E-state index contributed by atoms with van der Waals surface area (Å²) >= 11 is 14.7. The van der Waals surface area contributed by atoms with Gasteiger partial charge in [-0.3, -0.25) is 0 Å². The number of nitrogens with two attached hydrogens (primary N) is 1. The molecule has 2 aromatic carbocycles. The number of thiocarbonyl (C=S) groups is 1. The van der Waals surface area contributed by atoms with Gasteiger partial charge in [0, 0.05) is 20.7 Å². The van der Waals surface area contributed by atoms with Gasteiger partial charge in [-0.15, -0.1) is 0 Å². The van der Waals surface area contributed by atoms with E-state index in [0.717, 1.165) is 26.3 Å². The fourth-order valence-corrected chi connectivity index (χ4v) is 2.84. The van der Waals surface area contributed by atoms with E-state index in [1.54, 1.807) is 0 Å². The molecule has 3 N–H and O–H groups in total. The van der Waals surface area contributed by atoms with Gasteiger partial charge in [0.1, 0.15) is 4.99 Å². The lowest BCUT2D eigenvalue weighted by atomic mass is 10.1. The molecule has 0 saturated carbocycles. The second-order valence-corrected chi connectivity index (χ2v) is 6.15. The Labute approximate surface area is 137 Å². The second kappa shape index (κ2) is 6.57. The number of benzene rings is 2. The normalized spacial score (nSPS) is 11.9. The van der Waals surface area contributed by atoms with Crippen LogP contribution in [-0.2, 0) is 0 Å². The van der Waals surface area contributed by atoms with Crippen LogP contribution in [0.15, 0.2) is 46.9 Å². The molecule has 0 radical (unpaired) electrons. The van der Waals surface area contributed by atoms with Gasteiger partial charge in [-0.25, -0.2) is 0 Å². The maximum absolute atomic E-state index is 6.21. The van der Waals surface area contributed by atoms with Crippen molar-refractivity contribution in [1.29, 1.82) is 0 Å². The van der Waals surface area contributed by atoms with E-state index in [0.29, 0.717) is 4.99 Å². The molecule has 2 aromatic rings. The van der Waals surface area contributed by atoms with Crippen LogP contribution in [0, 0.1) is 0 Å². The minimum Gasteiger partial charge on any atom is -0.389 e. The molecule has 0 aliphatic heterocycles. The van der Waals surface area contributed by atoms with Gasteiger partial charge in [-0.2, -0.15) is 0 Å². The lowest BCUT2D eigenvalue weighted by Gasteiger charge is -2.18. The third-order valence-electron chi connectivity index (χ3n) is 3.00. The number of halogens is 2. The van der Waals surface area contributed by atoms with Crippen molar-refractivity contribution < 1.29 is 0 Å². The van der Waals surface area contributed by atoms with Gasteiger partial charge in [0.15, 0.2) is 0 Å². The zero-order valence-corrected chi connectivity index (χ0v) is 14.0. The van der Waals surface area contributed by atoms with Crippen LogP contribution in [0.25, 0.3) is 0 Å². The Kier molecular flexibility index (Phi) is 5.02. The van der Waals surface area contributed by atoms with Gasteiger partial charge < -0.3 is 11.1 Å². The van der Waals surface area contributed by atoms with Crippen molar-refractivity contribution in [2.24, 2.45) is 5.73 Å². The van der Waals surface area contributed by atoms with E-state index in [4.69, 9.17) is 29.6 Å². The third kappa shape index (κ3) is 3.51. The molecule has 0 fully saturated rings. The Balaban J connectivity index is 2.22. The summed E-state index contributed by atoms with van der Waals surface area (Å²) in [6.45, 7) is 2.06. The van der Waals surface area contributed by atoms with Crippen molar-refractivity contribution in [2.75, 3.05) is 5.32 Å². The number of hydrogen-bond acceptors (Lipinski definition) is 2.